The van der Waals surface area contributed by atoms with E-state index in [1.165, 1.54) is 10.5 Å². The number of nitrogens with zero attached hydrogens (tertiary/aromatic N) is 1. The van der Waals surface area contributed by atoms with Crippen molar-refractivity contribution < 1.29 is 14.3 Å². The number of nitrogens with one attached hydrogen (secondary N) is 1. The smallest absolute Gasteiger partial charge is 0.261 e. The van der Waals surface area contributed by atoms with Crippen LogP contribution in [-0.2, 0) is 21.5 Å². The third kappa shape index (κ3) is 7.14. The first-order chi connectivity index (χ1) is 15.0. The first-order valence-corrected chi connectivity index (χ1v) is 11.5. The number of carbonyl (C=O) groups is 2. The molecule has 5 nitrogen and oxygen atoms in total. The van der Waals surface area contributed by atoms with Gasteiger partial charge in [-0.05, 0) is 48.6 Å². The number of ether oxygens (including phenoxy) is 1. The van der Waals surface area contributed by atoms with Crippen molar-refractivity contribution in [1.82, 2.24) is 10.2 Å². The Bertz CT molecular complexity index is 904. The third-order valence-corrected chi connectivity index (χ3v) is 5.90. The standard InChI is InChI=1S/C25H32Cl2N2O3/c1-6-14-28-24(31)17(2)29(15-20-21(26)8-7-9-22(20)27)23(30)16-32-19-12-10-18(11-13-19)25(3,4)5/h7-13,17H,6,14-16H2,1-5H3,(H,28,31)/t17-/m0/s1. The van der Waals surface area contributed by atoms with Crippen molar-refractivity contribution in [2.45, 2.75) is 59.0 Å². The maximum absolute atomic E-state index is 13.1. The Hall–Kier alpha value is -2.24. The van der Waals surface area contributed by atoms with E-state index in [-0.39, 0.29) is 30.4 Å². The van der Waals surface area contributed by atoms with Gasteiger partial charge in [0.25, 0.3) is 5.91 Å². The maximum atomic E-state index is 13.1. The Labute approximate surface area is 201 Å². The Balaban J connectivity index is 2.18. The van der Waals surface area contributed by atoms with Crippen LogP contribution in [0.2, 0.25) is 10.0 Å². The molecule has 0 heterocycles. The van der Waals surface area contributed by atoms with Crippen LogP contribution in [0.1, 0.15) is 52.2 Å². The number of benzene rings is 2. The van der Waals surface area contributed by atoms with Crippen LogP contribution in [0.3, 0.4) is 0 Å². The number of hydrogen-bond donors (Lipinski definition) is 1. The molecule has 2 aromatic rings. The van der Waals surface area contributed by atoms with E-state index < -0.39 is 6.04 Å². The first kappa shape index (κ1) is 26.0. The fraction of sp³-hybridized carbons (Fsp3) is 0.440. The molecule has 32 heavy (non-hydrogen) atoms. The van der Waals surface area contributed by atoms with E-state index in [0.717, 1.165) is 6.42 Å². The van der Waals surface area contributed by atoms with Crippen molar-refractivity contribution in [1.29, 1.82) is 0 Å². The summed E-state index contributed by atoms with van der Waals surface area (Å²) in [4.78, 5) is 27.2. The summed E-state index contributed by atoms with van der Waals surface area (Å²) in [6.45, 7) is 10.5. The van der Waals surface area contributed by atoms with Gasteiger partial charge in [-0.25, -0.2) is 0 Å². The molecule has 0 aliphatic rings. The van der Waals surface area contributed by atoms with Crippen LogP contribution in [0, 0.1) is 0 Å². The van der Waals surface area contributed by atoms with Crippen molar-refractivity contribution in [3.8, 4) is 5.75 Å². The van der Waals surface area contributed by atoms with Gasteiger partial charge < -0.3 is 15.0 Å². The number of amides is 2. The van der Waals surface area contributed by atoms with Crippen LogP contribution in [0.5, 0.6) is 5.75 Å². The van der Waals surface area contributed by atoms with Gasteiger partial charge >= 0.3 is 0 Å². The van der Waals surface area contributed by atoms with Crippen LogP contribution in [0.4, 0.5) is 0 Å². The predicted octanol–water partition coefficient (Wildman–Crippen LogP) is 5.61. The van der Waals surface area contributed by atoms with E-state index in [4.69, 9.17) is 27.9 Å². The van der Waals surface area contributed by atoms with Crippen molar-refractivity contribution in [3.05, 3.63) is 63.6 Å². The van der Waals surface area contributed by atoms with Gasteiger partial charge in [-0.3, -0.25) is 9.59 Å². The highest BCUT2D eigenvalue weighted by Gasteiger charge is 2.27. The molecule has 0 unspecified atom stereocenters. The lowest BCUT2D eigenvalue weighted by Gasteiger charge is -2.29. The molecule has 0 fully saturated rings. The SMILES string of the molecule is CCCNC(=O)[C@H](C)N(Cc1c(Cl)cccc1Cl)C(=O)COc1ccc(C(C)(C)C)cc1. The summed E-state index contributed by atoms with van der Waals surface area (Å²) in [5.74, 6) is 0.0168. The zero-order valence-electron chi connectivity index (χ0n) is 19.4. The van der Waals surface area contributed by atoms with Gasteiger partial charge in [0.1, 0.15) is 11.8 Å². The molecule has 174 valence electrons. The molecule has 2 amide bonds. The summed E-state index contributed by atoms with van der Waals surface area (Å²) in [6.07, 6.45) is 0.802. The fourth-order valence-electron chi connectivity index (χ4n) is 3.11. The van der Waals surface area contributed by atoms with E-state index >= 15 is 0 Å². The number of halogens is 2. The molecule has 0 aliphatic carbocycles. The molecule has 0 aromatic heterocycles. The molecule has 1 N–H and O–H groups in total. The van der Waals surface area contributed by atoms with Crippen LogP contribution >= 0.6 is 23.2 Å². The van der Waals surface area contributed by atoms with Crippen molar-refractivity contribution in [2.75, 3.05) is 13.2 Å². The summed E-state index contributed by atoms with van der Waals surface area (Å²) < 4.78 is 5.74. The largest absolute Gasteiger partial charge is 0.484 e. The highest BCUT2D eigenvalue weighted by Crippen LogP contribution is 2.27. The molecule has 2 rings (SSSR count). The molecule has 0 spiro atoms. The zero-order valence-corrected chi connectivity index (χ0v) is 20.9. The number of hydrogen-bond acceptors (Lipinski definition) is 3. The lowest BCUT2D eigenvalue weighted by atomic mass is 9.87. The summed E-state index contributed by atoms with van der Waals surface area (Å²) in [7, 11) is 0. The van der Waals surface area contributed by atoms with Gasteiger partial charge in [0, 0.05) is 28.7 Å². The molecular formula is C25H32Cl2N2O3. The second-order valence-corrected chi connectivity index (χ2v) is 9.57. The Morgan fingerprint density at radius 2 is 1.66 bits per heavy atom. The molecule has 0 saturated carbocycles. The summed E-state index contributed by atoms with van der Waals surface area (Å²) in [5, 5.41) is 3.72. The molecule has 1 atom stereocenters. The van der Waals surface area contributed by atoms with Crippen LogP contribution in [0.15, 0.2) is 42.5 Å². The number of carbonyl (C=O) groups excluding carboxylic acids is 2. The van der Waals surface area contributed by atoms with Gasteiger partial charge in [-0.1, -0.05) is 69.1 Å². The van der Waals surface area contributed by atoms with E-state index in [1.807, 2.05) is 31.2 Å². The highest BCUT2D eigenvalue weighted by molar-refractivity contribution is 6.36. The first-order valence-electron chi connectivity index (χ1n) is 10.8. The van der Waals surface area contributed by atoms with Gasteiger partial charge in [0.05, 0.1) is 0 Å². The maximum Gasteiger partial charge on any atom is 0.261 e. The molecule has 0 aliphatic heterocycles. The van der Waals surface area contributed by atoms with Gasteiger partial charge in [-0.15, -0.1) is 0 Å². The second kappa shape index (κ2) is 11.6. The topological polar surface area (TPSA) is 58.6 Å². The van der Waals surface area contributed by atoms with E-state index in [0.29, 0.717) is 27.9 Å². The highest BCUT2D eigenvalue weighted by atomic mass is 35.5. The van der Waals surface area contributed by atoms with Crippen molar-refractivity contribution in [2.24, 2.45) is 0 Å². The van der Waals surface area contributed by atoms with E-state index in [1.54, 1.807) is 25.1 Å². The van der Waals surface area contributed by atoms with E-state index in [2.05, 4.69) is 26.1 Å². The molecule has 0 radical (unpaired) electrons. The third-order valence-electron chi connectivity index (χ3n) is 5.19. The van der Waals surface area contributed by atoms with Gasteiger partial charge in [-0.2, -0.15) is 0 Å². The normalized spacial score (nSPS) is 12.2. The summed E-state index contributed by atoms with van der Waals surface area (Å²) >= 11 is 12.6. The summed E-state index contributed by atoms with van der Waals surface area (Å²) in [5.41, 5.74) is 1.79. The molecule has 0 bridgehead atoms. The van der Waals surface area contributed by atoms with Crippen LogP contribution in [-0.4, -0.2) is 35.9 Å². The Morgan fingerprint density at radius 1 is 1.06 bits per heavy atom. The van der Waals surface area contributed by atoms with Gasteiger partial charge in [0.2, 0.25) is 5.91 Å². The second-order valence-electron chi connectivity index (χ2n) is 8.75. The van der Waals surface area contributed by atoms with E-state index in [9.17, 15) is 9.59 Å². The average molecular weight is 479 g/mol. The molecule has 2 aromatic carbocycles. The van der Waals surface area contributed by atoms with Crippen LogP contribution < -0.4 is 10.1 Å². The van der Waals surface area contributed by atoms with Crippen LogP contribution in [0.25, 0.3) is 0 Å². The fourth-order valence-corrected chi connectivity index (χ4v) is 3.63. The lowest BCUT2D eigenvalue weighted by molar-refractivity contribution is -0.142. The quantitative estimate of drug-likeness (QED) is 0.509. The summed E-state index contributed by atoms with van der Waals surface area (Å²) in [6, 6.07) is 12.1. The lowest BCUT2D eigenvalue weighted by Crippen LogP contribution is -2.49. The molecule has 0 saturated heterocycles. The Kier molecular flexibility index (Phi) is 9.41. The van der Waals surface area contributed by atoms with Crippen molar-refractivity contribution in [3.63, 3.8) is 0 Å². The minimum absolute atomic E-state index is 0.0284. The minimum Gasteiger partial charge on any atom is -0.484 e. The zero-order chi connectivity index (χ0) is 23.9. The van der Waals surface area contributed by atoms with Gasteiger partial charge in [0.15, 0.2) is 6.61 Å². The number of rotatable bonds is 9. The monoisotopic (exact) mass is 478 g/mol. The van der Waals surface area contributed by atoms with Crippen molar-refractivity contribution >= 4 is 35.0 Å². The Morgan fingerprint density at radius 3 is 2.19 bits per heavy atom. The predicted molar refractivity (Wildman–Crippen MR) is 130 cm³/mol. The molecular weight excluding hydrogens is 447 g/mol. The minimum atomic E-state index is -0.715. The average Bonchev–Trinajstić information content (AvgIpc) is 2.75. The molecule has 7 heteroatoms.